The van der Waals surface area contributed by atoms with Crippen LogP contribution in [0.1, 0.15) is 6.92 Å². The second kappa shape index (κ2) is 6.08. The van der Waals surface area contributed by atoms with Crippen LogP contribution in [0.15, 0.2) is 28.2 Å². The normalized spacial score (nSPS) is 13.5. The summed E-state index contributed by atoms with van der Waals surface area (Å²) in [5.41, 5.74) is -0.576. The Morgan fingerprint density at radius 2 is 2.18 bits per heavy atom. The van der Waals surface area contributed by atoms with E-state index in [1.807, 2.05) is 0 Å². The van der Waals surface area contributed by atoms with Crippen LogP contribution in [-0.2, 0) is 20.8 Å². The largest absolute Gasteiger partial charge is 0.366 e. The molecule has 1 heterocycles. The Morgan fingerprint density at radius 1 is 1.47 bits per heavy atom. The molecule has 1 rings (SSSR count). The van der Waals surface area contributed by atoms with Gasteiger partial charge in [0.05, 0.1) is 0 Å². The molecule has 0 aliphatic heterocycles. The first-order chi connectivity index (χ1) is 7.97. The Bertz CT molecular complexity index is 550. The Kier molecular flexibility index (Phi) is 5.03. The summed E-state index contributed by atoms with van der Waals surface area (Å²) in [6.07, 6.45) is 2.48. The van der Waals surface area contributed by atoms with E-state index in [2.05, 4.69) is 9.71 Å². The van der Waals surface area contributed by atoms with E-state index in [0.717, 1.165) is 12.3 Å². The van der Waals surface area contributed by atoms with Gasteiger partial charge in [0.15, 0.2) is 0 Å². The van der Waals surface area contributed by atoms with Gasteiger partial charge < -0.3 is 4.98 Å². The molecule has 6 nitrogen and oxygen atoms in total. The standard InChI is InChI=1S/C9H14N2O4S2/c1-2-16(13)6-5-11-17(14,15)9-7-10-4-3-8(9)12/h3-4,7,11H,2,5-6H2,1H3,(H,10,12). The Morgan fingerprint density at radius 3 is 2.76 bits per heavy atom. The van der Waals surface area contributed by atoms with Crippen molar-refractivity contribution in [1.82, 2.24) is 9.71 Å². The molecule has 0 saturated heterocycles. The first-order valence-electron chi connectivity index (χ1n) is 4.99. The molecule has 1 atom stereocenters. The van der Waals surface area contributed by atoms with Crippen molar-refractivity contribution in [2.45, 2.75) is 11.8 Å². The second-order valence-corrected chi connectivity index (χ2v) is 6.80. The van der Waals surface area contributed by atoms with Gasteiger partial charge in [0.1, 0.15) is 4.90 Å². The lowest BCUT2D eigenvalue weighted by Crippen LogP contribution is -2.31. The summed E-state index contributed by atoms with van der Waals surface area (Å²) in [5, 5.41) is 0. The van der Waals surface area contributed by atoms with E-state index in [1.165, 1.54) is 6.20 Å². The molecule has 1 aromatic heterocycles. The summed E-state index contributed by atoms with van der Waals surface area (Å²) in [4.78, 5) is 13.5. The van der Waals surface area contributed by atoms with Crippen molar-refractivity contribution >= 4 is 20.8 Å². The molecule has 0 aliphatic carbocycles. The van der Waals surface area contributed by atoms with Crippen LogP contribution in [0, 0.1) is 0 Å². The van der Waals surface area contributed by atoms with Crippen LogP contribution >= 0.6 is 0 Å². The summed E-state index contributed by atoms with van der Waals surface area (Å²) >= 11 is 0. The molecule has 0 amide bonds. The van der Waals surface area contributed by atoms with Gasteiger partial charge in [-0.05, 0) is 0 Å². The van der Waals surface area contributed by atoms with Crippen LogP contribution in [0.2, 0.25) is 0 Å². The molecule has 0 aliphatic rings. The Hall–Kier alpha value is -0.990. The van der Waals surface area contributed by atoms with Crippen molar-refractivity contribution in [3.8, 4) is 0 Å². The van der Waals surface area contributed by atoms with Crippen LogP contribution in [-0.4, -0.2) is 35.7 Å². The molecular formula is C9H14N2O4S2. The van der Waals surface area contributed by atoms with Crippen LogP contribution in [0.4, 0.5) is 0 Å². The molecular weight excluding hydrogens is 264 g/mol. The van der Waals surface area contributed by atoms with Crippen molar-refractivity contribution in [3.05, 3.63) is 28.7 Å². The molecule has 0 aromatic carbocycles. The number of H-pyrrole nitrogens is 1. The van der Waals surface area contributed by atoms with Crippen LogP contribution in [0.25, 0.3) is 0 Å². The predicted octanol–water partition coefficient (Wildman–Crippen LogP) is -0.578. The lowest BCUT2D eigenvalue weighted by molar-refractivity contribution is 0.582. The van der Waals surface area contributed by atoms with Gasteiger partial charge in [-0.1, -0.05) is 6.92 Å². The summed E-state index contributed by atoms with van der Waals surface area (Å²) in [5.74, 6) is 0.716. The minimum absolute atomic E-state index is 0.0527. The highest BCUT2D eigenvalue weighted by molar-refractivity contribution is 7.89. The maximum absolute atomic E-state index is 11.7. The van der Waals surface area contributed by atoms with Crippen LogP contribution < -0.4 is 10.2 Å². The zero-order valence-corrected chi connectivity index (χ0v) is 10.9. The minimum Gasteiger partial charge on any atom is -0.366 e. The fourth-order valence-electron chi connectivity index (χ4n) is 1.12. The molecule has 17 heavy (non-hydrogen) atoms. The third kappa shape index (κ3) is 4.06. The number of hydrogen-bond acceptors (Lipinski definition) is 4. The SMILES string of the molecule is CCS(=O)CCNS(=O)(=O)c1c[nH]ccc1=O. The predicted molar refractivity (Wildman–Crippen MR) is 65.8 cm³/mol. The molecule has 0 spiro atoms. The first-order valence-corrected chi connectivity index (χ1v) is 7.96. The van der Waals surface area contributed by atoms with Gasteiger partial charge in [-0.25, -0.2) is 13.1 Å². The van der Waals surface area contributed by atoms with Crippen molar-refractivity contribution in [2.24, 2.45) is 0 Å². The van der Waals surface area contributed by atoms with E-state index in [1.54, 1.807) is 6.92 Å². The van der Waals surface area contributed by atoms with Gasteiger partial charge in [0.25, 0.3) is 0 Å². The van der Waals surface area contributed by atoms with Gasteiger partial charge in [-0.2, -0.15) is 0 Å². The number of rotatable bonds is 6. The zero-order valence-electron chi connectivity index (χ0n) is 9.30. The third-order valence-corrected chi connectivity index (χ3v) is 4.81. The van der Waals surface area contributed by atoms with Crippen molar-refractivity contribution in [2.75, 3.05) is 18.1 Å². The van der Waals surface area contributed by atoms with E-state index in [-0.39, 0.29) is 17.2 Å². The van der Waals surface area contributed by atoms with Crippen molar-refractivity contribution < 1.29 is 12.6 Å². The van der Waals surface area contributed by atoms with E-state index in [0.29, 0.717) is 5.75 Å². The Labute approximate surface area is 102 Å². The minimum atomic E-state index is -3.82. The van der Waals surface area contributed by atoms with E-state index in [4.69, 9.17) is 0 Å². The average Bonchev–Trinajstić information content (AvgIpc) is 2.28. The molecule has 1 aromatic rings. The van der Waals surface area contributed by atoms with Crippen molar-refractivity contribution in [3.63, 3.8) is 0 Å². The number of nitrogens with one attached hydrogen (secondary N) is 2. The summed E-state index contributed by atoms with van der Waals surface area (Å²) in [6.45, 7) is 1.81. The average molecular weight is 278 g/mol. The molecule has 1 unspecified atom stereocenters. The first kappa shape index (κ1) is 14.1. The van der Waals surface area contributed by atoms with E-state index >= 15 is 0 Å². The topological polar surface area (TPSA) is 96.1 Å². The molecule has 0 fully saturated rings. The molecule has 8 heteroatoms. The quantitative estimate of drug-likeness (QED) is 0.728. The number of sulfonamides is 1. The zero-order chi connectivity index (χ0) is 12.9. The molecule has 2 N–H and O–H groups in total. The maximum Gasteiger partial charge on any atom is 0.245 e. The lowest BCUT2D eigenvalue weighted by atomic mass is 10.5. The van der Waals surface area contributed by atoms with Gasteiger partial charge in [-0.15, -0.1) is 0 Å². The summed E-state index contributed by atoms with van der Waals surface area (Å²) in [6, 6.07) is 1.14. The van der Waals surface area contributed by atoms with E-state index < -0.39 is 26.3 Å². The lowest BCUT2D eigenvalue weighted by Gasteiger charge is -2.05. The maximum atomic E-state index is 11.7. The highest BCUT2D eigenvalue weighted by Crippen LogP contribution is 1.99. The van der Waals surface area contributed by atoms with Crippen LogP contribution in [0.5, 0.6) is 0 Å². The highest BCUT2D eigenvalue weighted by atomic mass is 32.2. The van der Waals surface area contributed by atoms with Crippen molar-refractivity contribution in [1.29, 1.82) is 0 Å². The van der Waals surface area contributed by atoms with E-state index in [9.17, 15) is 17.4 Å². The van der Waals surface area contributed by atoms with Gasteiger partial charge in [0, 0.05) is 47.3 Å². The number of hydrogen-bond donors (Lipinski definition) is 2. The molecule has 96 valence electrons. The van der Waals surface area contributed by atoms with Crippen LogP contribution in [0.3, 0.4) is 0 Å². The molecule has 0 bridgehead atoms. The number of aromatic nitrogens is 1. The van der Waals surface area contributed by atoms with Gasteiger partial charge in [0.2, 0.25) is 15.5 Å². The fraction of sp³-hybridized carbons (Fsp3) is 0.444. The highest BCUT2D eigenvalue weighted by Gasteiger charge is 2.16. The Balaban J connectivity index is 2.74. The summed E-state index contributed by atoms with van der Waals surface area (Å²) < 4.78 is 36.7. The second-order valence-electron chi connectivity index (χ2n) is 3.20. The monoisotopic (exact) mass is 278 g/mol. The smallest absolute Gasteiger partial charge is 0.245 e. The fourth-order valence-corrected chi connectivity index (χ4v) is 2.95. The van der Waals surface area contributed by atoms with Gasteiger partial charge in [-0.3, -0.25) is 9.00 Å². The summed E-state index contributed by atoms with van der Waals surface area (Å²) in [7, 11) is -4.86. The number of aromatic amines is 1. The van der Waals surface area contributed by atoms with Gasteiger partial charge >= 0.3 is 0 Å². The molecule has 0 radical (unpaired) electrons. The molecule has 0 saturated carbocycles. The third-order valence-electron chi connectivity index (χ3n) is 2.02. The number of pyridine rings is 1.